The molecule has 171 valence electrons. The zero-order valence-corrected chi connectivity index (χ0v) is 20.3. The lowest BCUT2D eigenvalue weighted by atomic mass is 9.50. The molecule has 0 spiro atoms. The molecule has 1 N–H and O–H groups in total. The molecule has 3 aliphatic rings. The number of hydrogen-bond acceptors (Lipinski definition) is 5. The summed E-state index contributed by atoms with van der Waals surface area (Å²) in [7, 11) is 0. The predicted molar refractivity (Wildman–Crippen MR) is 127 cm³/mol. The van der Waals surface area contributed by atoms with Crippen LogP contribution in [0.25, 0.3) is 0 Å². The number of hydrogen-bond donors (Lipinski definition) is 1. The van der Waals surface area contributed by atoms with Gasteiger partial charge in [-0.15, -0.1) is 0 Å². The monoisotopic (exact) mass is 424 g/mol. The van der Waals surface area contributed by atoms with Gasteiger partial charge in [-0.2, -0.15) is 4.98 Å². The van der Waals surface area contributed by atoms with Crippen molar-refractivity contribution < 1.29 is 0 Å². The van der Waals surface area contributed by atoms with Crippen molar-refractivity contribution in [3.05, 3.63) is 18.6 Å². The topological polar surface area (TPSA) is 65.8 Å². The third-order valence-corrected chi connectivity index (χ3v) is 8.91. The minimum Gasteiger partial charge on any atom is -0.341 e. The summed E-state index contributed by atoms with van der Waals surface area (Å²) >= 11 is 0. The molecule has 2 saturated carbocycles. The average molecular weight is 425 g/mol. The highest BCUT2D eigenvalue weighted by molar-refractivity contribution is 5.84. The van der Waals surface area contributed by atoms with Gasteiger partial charge in [-0.05, 0) is 86.4 Å². The van der Waals surface area contributed by atoms with Gasteiger partial charge in [0.15, 0.2) is 0 Å². The van der Waals surface area contributed by atoms with E-state index in [0.717, 1.165) is 61.7 Å². The first-order valence-corrected chi connectivity index (χ1v) is 12.5. The van der Waals surface area contributed by atoms with Gasteiger partial charge >= 0.3 is 0 Å². The van der Waals surface area contributed by atoms with Crippen LogP contribution in [0.15, 0.2) is 6.33 Å². The fraction of sp³-hybridized carbons (Fsp3) is 0.808. The molecule has 1 aromatic rings. The van der Waals surface area contributed by atoms with Crippen molar-refractivity contribution in [2.45, 2.75) is 91.9 Å². The van der Waals surface area contributed by atoms with Crippen LogP contribution in [0.5, 0.6) is 0 Å². The van der Waals surface area contributed by atoms with Crippen molar-refractivity contribution in [2.75, 3.05) is 18.0 Å². The quantitative estimate of drug-likeness (QED) is 0.583. The second-order valence-electron chi connectivity index (χ2n) is 11.7. The van der Waals surface area contributed by atoms with Crippen molar-refractivity contribution in [1.29, 1.82) is 5.41 Å². The van der Waals surface area contributed by atoms with Gasteiger partial charge in [-0.25, -0.2) is 9.97 Å². The van der Waals surface area contributed by atoms with E-state index in [1.165, 1.54) is 32.1 Å². The Morgan fingerprint density at radius 1 is 1.03 bits per heavy atom. The number of fused-ring (bicyclic) bond motifs is 1. The summed E-state index contributed by atoms with van der Waals surface area (Å²) in [5, 5.41) is 8.26. The van der Waals surface area contributed by atoms with E-state index in [0.29, 0.717) is 22.7 Å². The second-order valence-corrected chi connectivity index (χ2v) is 11.7. The van der Waals surface area contributed by atoms with Crippen LogP contribution in [0.3, 0.4) is 0 Å². The van der Waals surface area contributed by atoms with Crippen LogP contribution in [0.4, 0.5) is 5.95 Å². The molecule has 2 aliphatic carbocycles. The summed E-state index contributed by atoms with van der Waals surface area (Å²) < 4.78 is 0. The Balaban J connectivity index is 1.44. The number of rotatable bonds is 5. The molecule has 0 aromatic carbocycles. The van der Waals surface area contributed by atoms with Crippen molar-refractivity contribution >= 4 is 11.7 Å². The number of piperidine rings is 1. The van der Waals surface area contributed by atoms with Crippen LogP contribution in [0.2, 0.25) is 0 Å². The summed E-state index contributed by atoms with van der Waals surface area (Å²) in [6.45, 7) is 13.9. The summed E-state index contributed by atoms with van der Waals surface area (Å²) in [6, 6.07) is 0. The van der Waals surface area contributed by atoms with Gasteiger partial charge in [-0.3, -0.25) is 0 Å². The first kappa shape index (κ1) is 22.7. The highest BCUT2D eigenvalue weighted by Crippen LogP contribution is 2.59. The summed E-state index contributed by atoms with van der Waals surface area (Å²) in [4.78, 5) is 16.5. The number of nitrogens with one attached hydrogen (secondary N) is 1. The van der Waals surface area contributed by atoms with Gasteiger partial charge in [0.1, 0.15) is 12.2 Å². The fourth-order valence-electron chi connectivity index (χ4n) is 6.68. The molecule has 3 atom stereocenters. The van der Waals surface area contributed by atoms with Gasteiger partial charge in [0.05, 0.1) is 0 Å². The molecule has 1 saturated heterocycles. The molecular weight excluding hydrogens is 382 g/mol. The SMILES string of the molecule is C[CH]CC(=N)C1CCN(c2ncnc(C3CCC4C(C3)C(C)(C)CCC4(C)C)n2)CC1. The predicted octanol–water partition coefficient (Wildman–Crippen LogP) is 6.07. The fourth-order valence-corrected chi connectivity index (χ4v) is 6.68. The number of nitrogens with zero attached hydrogens (tertiary/aromatic N) is 4. The van der Waals surface area contributed by atoms with Gasteiger partial charge in [-0.1, -0.05) is 34.6 Å². The van der Waals surface area contributed by atoms with E-state index in [-0.39, 0.29) is 0 Å². The van der Waals surface area contributed by atoms with Gasteiger partial charge in [0.25, 0.3) is 0 Å². The standard InChI is InChI=1S/C26H42N5/c1-6-7-22(27)18-10-14-31(15-11-18)24-29-17-28-23(30-24)19-8-9-20-21(16-19)26(4,5)13-12-25(20,2)3/h6,17-21,27H,7-16H2,1-5H3. The molecule has 3 fully saturated rings. The van der Waals surface area contributed by atoms with Crippen LogP contribution in [-0.4, -0.2) is 33.8 Å². The van der Waals surface area contributed by atoms with Crippen molar-refractivity contribution in [2.24, 2.45) is 28.6 Å². The highest BCUT2D eigenvalue weighted by Gasteiger charge is 2.50. The first-order chi connectivity index (χ1) is 14.7. The van der Waals surface area contributed by atoms with E-state index in [1.54, 1.807) is 6.33 Å². The Bertz CT molecular complexity index is 778. The molecule has 4 rings (SSSR count). The average Bonchev–Trinajstić information content (AvgIpc) is 2.77. The summed E-state index contributed by atoms with van der Waals surface area (Å²) in [6.07, 6.45) is 13.1. The normalized spacial score (nSPS) is 30.6. The molecule has 0 bridgehead atoms. The lowest BCUT2D eigenvalue weighted by Crippen LogP contribution is -2.47. The summed E-state index contributed by atoms with van der Waals surface area (Å²) in [5.74, 6) is 4.32. The van der Waals surface area contributed by atoms with E-state index in [9.17, 15) is 0 Å². The Kier molecular flexibility index (Phi) is 6.42. The van der Waals surface area contributed by atoms with E-state index < -0.39 is 0 Å². The van der Waals surface area contributed by atoms with E-state index in [2.05, 4.69) is 49.0 Å². The Morgan fingerprint density at radius 2 is 1.71 bits per heavy atom. The molecule has 3 unspecified atom stereocenters. The third kappa shape index (κ3) is 4.66. The van der Waals surface area contributed by atoms with Gasteiger partial charge < -0.3 is 10.3 Å². The molecular formula is C26H42N5. The minimum atomic E-state index is 0.414. The Labute approximate surface area is 189 Å². The molecule has 2 heterocycles. The van der Waals surface area contributed by atoms with Crippen LogP contribution < -0.4 is 4.90 Å². The maximum atomic E-state index is 8.26. The van der Waals surface area contributed by atoms with Crippen LogP contribution in [0, 0.1) is 40.4 Å². The van der Waals surface area contributed by atoms with Crippen LogP contribution in [-0.2, 0) is 0 Å². The maximum Gasteiger partial charge on any atom is 0.228 e. The van der Waals surface area contributed by atoms with Crippen molar-refractivity contribution in [1.82, 2.24) is 15.0 Å². The molecule has 5 nitrogen and oxygen atoms in total. The van der Waals surface area contributed by atoms with Gasteiger partial charge in [0, 0.05) is 24.7 Å². The first-order valence-electron chi connectivity index (χ1n) is 12.5. The zero-order chi connectivity index (χ0) is 22.2. The molecule has 1 aromatic heterocycles. The second kappa shape index (κ2) is 8.78. The zero-order valence-electron chi connectivity index (χ0n) is 20.3. The number of anilines is 1. The maximum absolute atomic E-state index is 8.26. The van der Waals surface area contributed by atoms with Crippen molar-refractivity contribution in [3.8, 4) is 0 Å². The molecule has 1 radical (unpaired) electrons. The van der Waals surface area contributed by atoms with Crippen LogP contribution >= 0.6 is 0 Å². The molecule has 1 aliphatic heterocycles. The summed E-state index contributed by atoms with van der Waals surface area (Å²) in [5.41, 5.74) is 1.76. The van der Waals surface area contributed by atoms with Gasteiger partial charge in [0.2, 0.25) is 5.95 Å². The lowest BCUT2D eigenvalue weighted by molar-refractivity contribution is -0.0505. The third-order valence-electron chi connectivity index (χ3n) is 8.91. The van der Waals surface area contributed by atoms with E-state index in [4.69, 9.17) is 10.4 Å². The highest BCUT2D eigenvalue weighted by atomic mass is 15.3. The van der Waals surface area contributed by atoms with Crippen LogP contribution in [0.1, 0.15) is 97.7 Å². The number of aromatic nitrogens is 3. The molecule has 0 amide bonds. The van der Waals surface area contributed by atoms with E-state index >= 15 is 0 Å². The smallest absolute Gasteiger partial charge is 0.228 e. The Hall–Kier alpha value is -1.52. The minimum absolute atomic E-state index is 0.414. The Morgan fingerprint density at radius 3 is 2.39 bits per heavy atom. The molecule has 5 heteroatoms. The van der Waals surface area contributed by atoms with E-state index in [1.807, 2.05) is 6.92 Å². The molecule has 31 heavy (non-hydrogen) atoms. The largest absolute Gasteiger partial charge is 0.341 e. The lowest BCUT2D eigenvalue weighted by Gasteiger charge is -2.55. The van der Waals surface area contributed by atoms with Crippen molar-refractivity contribution in [3.63, 3.8) is 0 Å².